The second-order valence-corrected chi connectivity index (χ2v) is 33.2. The fourth-order valence-corrected chi connectivity index (χ4v) is 17.0. The lowest BCUT2D eigenvalue weighted by Gasteiger charge is -2.30. The van der Waals surface area contributed by atoms with Gasteiger partial charge >= 0.3 is 0 Å². The van der Waals surface area contributed by atoms with Crippen molar-refractivity contribution >= 4 is 109 Å². The highest BCUT2D eigenvalue weighted by Gasteiger charge is 2.38. The summed E-state index contributed by atoms with van der Waals surface area (Å²) in [6, 6.07) is 75.7. The first kappa shape index (κ1) is 67.4. The standard InChI is InChI=1S/C97H100N6/c1-52(2)62-21-31-83-72(41-62)73-42-63(53(3)4)22-32-84(73)99(83)93-82(51-98)94(100-85-33-23-64(54(5)6)43-74(85)75-44-65(55(7)8)24-34-86(75)100)96(102-89-37-27-68(58(13)14)47-78(89)79-48-69(59(15)16)28-38-90(79)102)97(103-91-39-29-70(60(17)18)49-80(91)81-50-71(61(19)20)30-40-92(81)103)95(93)101-87-35-25-66(56(9)10)45-76(87)77-46-67(57(11)12)26-36-88(77)101/h21-50,52-61H,1-20H3. The molecule has 0 saturated carbocycles. The van der Waals surface area contributed by atoms with Crippen LogP contribution in [0, 0.1) is 11.3 Å². The van der Waals surface area contributed by atoms with E-state index in [9.17, 15) is 5.26 Å². The first-order valence-electron chi connectivity index (χ1n) is 38.4. The third-order valence-electron chi connectivity index (χ3n) is 23.3. The average molecular weight is 1350 g/mol. The number of hydrogen-bond acceptors (Lipinski definition) is 1. The minimum absolute atomic E-state index is 0.271. The summed E-state index contributed by atoms with van der Waals surface area (Å²) in [4.78, 5) is 0. The van der Waals surface area contributed by atoms with E-state index < -0.39 is 0 Å². The predicted molar refractivity (Wildman–Crippen MR) is 444 cm³/mol. The van der Waals surface area contributed by atoms with Gasteiger partial charge in [0, 0.05) is 53.9 Å². The van der Waals surface area contributed by atoms with Crippen molar-refractivity contribution in [1.82, 2.24) is 22.8 Å². The monoisotopic (exact) mass is 1350 g/mol. The highest BCUT2D eigenvalue weighted by Crippen LogP contribution is 2.54. The quantitative estimate of drug-likeness (QED) is 0.101. The zero-order valence-corrected chi connectivity index (χ0v) is 64.3. The number of hydrogen-bond donors (Lipinski definition) is 0. The molecule has 0 atom stereocenters. The minimum Gasteiger partial charge on any atom is -0.306 e. The van der Waals surface area contributed by atoms with Crippen LogP contribution in [0.2, 0.25) is 0 Å². The van der Waals surface area contributed by atoms with E-state index in [0.717, 1.165) is 83.6 Å². The summed E-state index contributed by atoms with van der Waals surface area (Å²) in [5, 5.41) is 25.7. The second kappa shape index (κ2) is 25.1. The Morgan fingerprint density at radius 2 is 0.301 bits per heavy atom. The molecule has 0 N–H and O–H groups in total. The summed E-state index contributed by atoms with van der Waals surface area (Å²) in [5.41, 5.74) is 28.5. The van der Waals surface area contributed by atoms with Crippen molar-refractivity contribution in [3.8, 4) is 34.5 Å². The maximum atomic E-state index is 13.9. The Hall–Kier alpha value is -10.1. The highest BCUT2D eigenvalue weighted by atomic mass is 15.2. The van der Waals surface area contributed by atoms with Gasteiger partial charge in [-0.1, -0.05) is 199 Å². The van der Waals surface area contributed by atoms with Gasteiger partial charge < -0.3 is 22.8 Å². The van der Waals surface area contributed by atoms with E-state index in [4.69, 9.17) is 0 Å². The molecule has 5 heterocycles. The molecular weight excluding hydrogens is 1250 g/mol. The maximum absolute atomic E-state index is 13.9. The van der Waals surface area contributed by atoms with E-state index in [1.807, 2.05) is 0 Å². The molecule has 0 radical (unpaired) electrons. The summed E-state index contributed by atoms with van der Waals surface area (Å²) in [6.07, 6.45) is 0. The van der Waals surface area contributed by atoms with E-state index in [1.54, 1.807) is 0 Å². The normalized spacial score (nSPS) is 12.7. The zero-order chi connectivity index (χ0) is 72.4. The lowest BCUT2D eigenvalue weighted by atomic mass is 9.98. The molecule has 6 nitrogen and oxygen atoms in total. The number of fused-ring (bicyclic) bond motifs is 15. The van der Waals surface area contributed by atoms with Crippen molar-refractivity contribution in [3.63, 3.8) is 0 Å². The highest BCUT2D eigenvalue weighted by molar-refractivity contribution is 6.19. The Morgan fingerprint density at radius 3 is 0.417 bits per heavy atom. The molecule has 6 heteroatoms. The molecule has 0 aliphatic heterocycles. The largest absolute Gasteiger partial charge is 0.306 e. The van der Waals surface area contributed by atoms with Gasteiger partial charge in [-0.3, -0.25) is 0 Å². The first-order chi connectivity index (χ1) is 49.3. The van der Waals surface area contributed by atoms with Crippen molar-refractivity contribution < 1.29 is 0 Å². The molecule has 5 aromatic heterocycles. The van der Waals surface area contributed by atoms with Crippen LogP contribution in [0.3, 0.4) is 0 Å². The van der Waals surface area contributed by atoms with Gasteiger partial charge in [-0.2, -0.15) is 5.26 Å². The fourth-order valence-electron chi connectivity index (χ4n) is 17.0. The van der Waals surface area contributed by atoms with Crippen molar-refractivity contribution in [1.29, 1.82) is 5.26 Å². The van der Waals surface area contributed by atoms with Crippen molar-refractivity contribution in [3.05, 3.63) is 243 Å². The molecule has 0 aliphatic rings. The van der Waals surface area contributed by atoms with Gasteiger partial charge in [0.2, 0.25) is 0 Å². The summed E-state index contributed by atoms with van der Waals surface area (Å²) in [5.74, 6) is 2.72. The molecule has 0 fully saturated rings. The van der Waals surface area contributed by atoms with E-state index in [1.165, 1.54) is 109 Å². The van der Waals surface area contributed by atoms with Crippen LogP contribution in [-0.2, 0) is 0 Å². The summed E-state index contributed by atoms with van der Waals surface area (Å²) in [6.45, 7) is 46.3. The van der Waals surface area contributed by atoms with Crippen molar-refractivity contribution in [2.45, 2.75) is 198 Å². The molecular formula is C97H100N6. The number of nitrogens with zero attached hydrogens (tertiary/aromatic N) is 6. The first-order valence-corrected chi connectivity index (χ1v) is 38.4. The summed E-state index contributed by atoms with van der Waals surface area (Å²) < 4.78 is 13.0. The molecule has 0 aliphatic carbocycles. The van der Waals surface area contributed by atoms with Gasteiger partial charge in [-0.05, 0) is 236 Å². The maximum Gasteiger partial charge on any atom is 0.105 e. The van der Waals surface area contributed by atoms with Crippen LogP contribution < -0.4 is 0 Å². The molecule has 103 heavy (non-hydrogen) atoms. The minimum atomic E-state index is 0.271. The van der Waals surface area contributed by atoms with Crippen molar-refractivity contribution in [2.24, 2.45) is 0 Å². The van der Waals surface area contributed by atoms with Crippen LogP contribution in [0.4, 0.5) is 0 Å². The third-order valence-corrected chi connectivity index (χ3v) is 23.3. The molecule has 16 rings (SSSR count). The Morgan fingerprint density at radius 1 is 0.184 bits per heavy atom. The van der Waals surface area contributed by atoms with Gasteiger partial charge in [0.05, 0.1) is 83.6 Å². The molecule has 0 amide bonds. The number of benzene rings is 11. The van der Waals surface area contributed by atoms with Crippen LogP contribution in [0.1, 0.15) is 259 Å². The van der Waals surface area contributed by atoms with Crippen LogP contribution in [0.5, 0.6) is 0 Å². The number of aromatic nitrogens is 5. The fraction of sp³-hybridized carbons (Fsp3) is 0.309. The molecule has 518 valence electrons. The van der Waals surface area contributed by atoms with Gasteiger partial charge in [0.15, 0.2) is 0 Å². The van der Waals surface area contributed by atoms with Gasteiger partial charge in [-0.25, -0.2) is 0 Å². The Bertz CT molecular complexity index is 5590. The Balaban J connectivity index is 1.31. The van der Waals surface area contributed by atoms with Gasteiger partial charge in [0.25, 0.3) is 0 Å². The molecule has 0 spiro atoms. The van der Waals surface area contributed by atoms with E-state index >= 15 is 0 Å². The molecule has 0 bridgehead atoms. The zero-order valence-electron chi connectivity index (χ0n) is 64.3. The van der Waals surface area contributed by atoms with Crippen LogP contribution in [0.15, 0.2) is 182 Å². The van der Waals surface area contributed by atoms with E-state index in [-0.39, 0.29) is 59.2 Å². The average Bonchev–Trinajstić information content (AvgIpc) is 1.55. The smallest absolute Gasteiger partial charge is 0.105 e. The van der Waals surface area contributed by atoms with Gasteiger partial charge in [0.1, 0.15) is 11.6 Å². The Kier molecular flexibility index (Phi) is 16.4. The third kappa shape index (κ3) is 10.5. The molecule has 16 aromatic rings. The molecule has 0 unspecified atom stereocenters. The van der Waals surface area contributed by atoms with Crippen LogP contribution in [-0.4, -0.2) is 22.8 Å². The van der Waals surface area contributed by atoms with E-state index in [2.05, 4.69) is 349 Å². The van der Waals surface area contributed by atoms with Crippen LogP contribution in [0.25, 0.3) is 137 Å². The van der Waals surface area contributed by atoms with E-state index in [0.29, 0.717) is 5.56 Å². The number of nitriles is 1. The van der Waals surface area contributed by atoms with Crippen LogP contribution >= 0.6 is 0 Å². The summed E-state index contributed by atoms with van der Waals surface area (Å²) >= 11 is 0. The Labute approximate surface area is 608 Å². The molecule has 11 aromatic carbocycles. The topological polar surface area (TPSA) is 48.4 Å². The molecule has 0 saturated heterocycles. The lowest BCUT2D eigenvalue weighted by Crippen LogP contribution is -2.19. The van der Waals surface area contributed by atoms with Gasteiger partial charge in [-0.15, -0.1) is 0 Å². The number of rotatable bonds is 15. The SMILES string of the molecule is CC(C)c1ccc2c(c1)c1cc(C(C)C)ccc1n2-c1c(C#N)c(-n2c3ccc(C(C)C)cc3c3cc(C(C)C)ccc32)c(-n2c3ccc(C(C)C)cc3c3cc(C(C)C)ccc32)c(-n2c3ccc(C(C)C)cc3c3cc(C(C)C)ccc32)c1-n1c2ccc(C(C)C)cc2c2cc(C(C)C)ccc21. The van der Waals surface area contributed by atoms with Crippen molar-refractivity contribution in [2.75, 3.05) is 0 Å². The summed E-state index contributed by atoms with van der Waals surface area (Å²) in [7, 11) is 0. The second-order valence-electron chi connectivity index (χ2n) is 33.2. The lowest BCUT2D eigenvalue weighted by molar-refractivity contribution is 0.868. The predicted octanol–water partition coefficient (Wildman–Crippen LogP) is 28.3.